The maximum atomic E-state index is 15.3. The molecule has 0 aliphatic carbocycles. The fourth-order valence-corrected chi connectivity index (χ4v) is 4.89. The van der Waals surface area contributed by atoms with Crippen LogP contribution in [0.3, 0.4) is 0 Å². The van der Waals surface area contributed by atoms with Crippen LogP contribution in [0.15, 0.2) is 60.9 Å². The molecular formula is C25H20FN4O4S-. The summed E-state index contributed by atoms with van der Waals surface area (Å²) < 4.78 is 39.4. The van der Waals surface area contributed by atoms with Crippen LogP contribution in [0.2, 0.25) is 0 Å². The van der Waals surface area contributed by atoms with Gasteiger partial charge >= 0.3 is 0 Å². The number of benzene rings is 2. The molecule has 0 fully saturated rings. The zero-order valence-electron chi connectivity index (χ0n) is 18.7. The molecule has 0 amide bonds. The molecule has 0 bridgehead atoms. The zero-order chi connectivity index (χ0) is 25.2. The SMILES string of the molecule is CCCCS(=O)(=O)N([O-])c1cccc(C(=O)c2c[nH]c3ncc(-c4ccc(C#N)cc4)cc23)c1F. The number of carbonyl (C=O) groups is 1. The van der Waals surface area contributed by atoms with Gasteiger partial charge in [0, 0.05) is 28.9 Å². The molecular weight excluding hydrogens is 471 g/mol. The van der Waals surface area contributed by atoms with Gasteiger partial charge in [0.15, 0.2) is 11.6 Å². The molecule has 35 heavy (non-hydrogen) atoms. The average Bonchev–Trinajstić information content (AvgIpc) is 3.30. The number of rotatable bonds is 8. The van der Waals surface area contributed by atoms with Crippen LogP contribution in [0, 0.1) is 22.4 Å². The molecule has 2 aromatic heterocycles. The highest BCUT2D eigenvalue weighted by Crippen LogP contribution is 2.30. The lowest BCUT2D eigenvalue weighted by atomic mass is 10.00. The molecule has 0 atom stereocenters. The molecule has 178 valence electrons. The molecule has 0 radical (unpaired) electrons. The number of nitrogens with one attached hydrogen (secondary N) is 1. The number of fused-ring (bicyclic) bond motifs is 1. The van der Waals surface area contributed by atoms with E-state index in [9.17, 15) is 18.4 Å². The lowest BCUT2D eigenvalue weighted by Gasteiger charge is -2.30. The normalized spacial score (nSPS) is 11.4. The monoisotopic (exact) mass is 491 g/mol. The quantitative estimate of drug-likeness (QED) is 0.275. The van der Waals surface area contributed by atoms with Gasteiger partial charge in [-0.15, -0.1) is 0 Å². The van der Waals surface area contributed by atoms with Gasteiger partial charge in [-0.05, 0) is 42.3 Å². The van der Waals surface area contributed by atoms with E-state index in [-0.39, 0.29) is 16.5 Å². The number of pyridine rings is 1. The summed E-state index contributed by atoms with van der Waals surface area (Å²) in [6, 6.07) is 14.1. The summed E-state index contributed by atoms with van der Waals surface area (Å²) in [5.74, 6) is -2.36. The Kier molecular flexibility index (Phi) is 6.64. The molecule has 0 unspecified atom stereocenters. The van der Waals surface area contributed by atoms with Crippen molar-refractivity contribution in [3.63, 3.8) is 0 Å². The third-order valence-electron chi connectivity index (χ3n) is 5.55. The molecule has 0 saturated carbocycles. The van der Waals surface area contributed by atoms with Crippen molar-refractivity contribution in [2.24, 2.45) is 0 Å². The van der Waals surface area contributed by atoms with Gasteiger partial charge < -0.3 is 14.7 Å². The molecule has 4 rings (SSSR count). The van der Waals surface area contributed by atoms with Gasteiger partial charge in [0.05, 0.1) is 28.6 Å². The number of anilines is 1. The fraction of sp³-hybridized carbons (Fsp3) is 0.160. The highest BCUT2D eigenvalue weighted by molar-refractivity contribution is 7.92. The summed E-state index contributed by atoms with van der Waals surface area (Å²) in [5, 5.41) is 21.9. The first kappa shape index (κ1) is 24.1. The van der Waals surface area contributed by atoms with E-state index in [0.717, 1.165) is 11.6 Å². The van der Waals surface area contributed by atoms with E-state index in [1.807, 2.05) is 6.07 Å². The standard InChI is InChI=1S/C25H20FN4O4S/c1-2-3-11-35(33,34)30(32)22-6-4-5-19(23(22)26)24(31)21-15-29-25-20(21)12-18(14-28-25)17-9-7-16(13-27)8-10-17/h4-10,12,14-15H,2-3,11H2,1H3,(H,28,29)/q-1. The number of H-pyrrole nitrogens is 1. The Hall–Kier alpha value is -4.07. The second kappa shape index (κ2) is 9.66. The van der Waals surface area contributed by atoms with Crippen LogP contribution >= 0.6 is 0 Å². The largest absolute Gasteiger partial charge is 0.744 e. The van der Waals surface area contributed by atoms with Crippen molar-refractivity contribution in [3.8, 4) is 17.2 Å². The summed E-state index contributed by atoms with van der Waals surface area (Å²) in [7, 11) is -4.28. The number of carbonyl (C=O) groups excluding carboxylic acids is 1. The predicted molar refractivity (Wildman–Crippen MR) is 131 cm³/mol. The van der Waals surface area contributed by atoms with Crippen LogP contribution in [0.5, 0.6) is 0 Å². The van der Waals surface area contributed by atoms with Crippen LogP contribution in [-0.4, -0.2) is 29.9 Å². The molecule has 10 heteroatoms. The number of hydrogen-bond acceptors (Lipinski definition) is 6. The number of ketones is 1. The summed E-state index contributed by atoms with van der Waals surface area (Å²) in [4.78, 5) is 20.5. The minimum Gasteiger partial charge on any atom is -0.744 e. The predicted octanol–water partition coefficient (Wildman–Crippen LogP) is 4.91. The van der Waals surface area contributed by atoms with Crippen molar-refractivity contribution in [2.75, 3.05) is 10.2 Å². The van der Waals surface area contributed by atoms with E-state index in [0.29, 0.717) is 28.6 Å². The third kappa shape index (κ3) is 4.64. The average molecular weight is 492 g/mol. The number of halogens is 1. The van der Waals surface area contributed by atoms with Gasteiger partial charge in [0.2, 0.25) is 10.0 Å². The lowest BCUT2D eigenvalue weighted by molar-refractivity contribution is 0.103. The molecule has 0 spiro atoms. The van der Waals surface area contributed by atoms with Crippen LogP contribution in [0.4, 0.5) is 10.1 Å². The number of unbranched alkanes of at least 4 members (excludes halogenated alkanes) is 1. The van der Waals surface area contributed by atoms with E-state index in [4.69, 9.17) is 5.26 Å². The second-order valence-corrected chi connectivity index (χ2v) is 9.78. The topological polar surface area (TPSA) is 130 Å². The van der Waals surface area contributed by atoms with Gasteiger partial charge in [-0.2, -0.15) is 5.26 Å². The molecule has 0 aliphatic heterocycles. The molecule has 0 saturated heterocycles. The number of aromatic amines is 1. The van der Waals surface area contributed by atoms with Crippen LogP contribution < -0.4 is 4.47 Å². The first-order valence-corrected chi connectivity index (χ1v) is 12.4. The summed E-state index contributed by atoms with van der Waals surface area (Å²) in [6.07, 6.45) is 3.80. The van der Waals surface area contributed by atoms with Crippen molar-refractivity contribution in [1.29, 1.82) is 5.26 Å². The van der Waals surface area contributed by atoms with E-state index in [2.05, 4.69) is 9.97 Å². The van der Waals surface area contributed by atoms with Gasteiger partial charge in [-0.3, -0.25) is 4.79 Å². The Bertz CT molecular complexity index is 1560. The summed E-state index contributed by atoms with van der Waals surface area (Å²) in [5.41, 5.74) is 1.30. The molecule has 8 nitrogen and oxygen atoms in total. The highest BCUT2D eigenvalue weighted by atomic mass is 32.2. The van der Waals surface area contributed by atoms with Crippen LogP contribution in [0.1, 0.15) is 41.3 Å². The fourth-order valence-electron chi connectivity index (χ4n) is 3.63. The molecule has 0 aliphatic rings. The third-order valence-corrected chi connectivity index (χ3v) is 7.06. The number of sulfonamides is 1. The Morgan fingerprint density at radius 1 is 1.17 bits per heavy atom. The van der Waals surface area contributed by atoms with Crippen molar-refractivity contribution in [3.05, 3.63) is 88.6 Å². The first-order valence-electron chi connectivity index (χ1n) is 10.8. The Morgan fingerprint density at radius 2 is 1.91 bits per heavy atom. The van der Waals surface area contributed by atoms with E-state index < -0.39 is 38.6 Å². The molecule has 4 aromatic rings. The van der Waals surface area contributed by atoms with Gasteiger partial charge in [-0.25, -0.2) is 17.8 Å². The summed E-state index contributed by atoms with van der Waals surface area (Å²) in [6.45, 7) is 1.77. The Labute approximate surface area is 201 Å². The number of nitriles is 1. The molecule has 1 N–H and O–H groups in total. The van der Waals surface area contributed by atoms with Crippen LogP contribution in [-0.2, 0) is 10.0 Å². The minimum absolute atomic E-state index is 0.116. The van der Waals surface area contributed by atoms with E-state index in [1.54, 1.807) is 43.5 Å². The minimum atomic E-state index is -4.28. The van der Waals surface area contributed by atoms with Crippen molar-refractivity contribution < 1.29 is 17.6 Å². The van der Waals surface area contributed by atoms with Crippen molar-refractivity contribution in [2.45, 2.75) is 19.8 Å². The van der Waals surface area contributed by atoms with E-state index >= 15 is 4.39 Å². The van der Waals surface area contributed by atoms with Gasteiger partial charge in [-0.1, -0.05) is 31.5 Å². The number of nitrogens with zero attached hydrogens (tertiary/aromatic N) is 3. The number of aromatic nitrogens is 2. The van der Waals surface area contributed by atoms with Crippen molar-refractivity contribution in [1.82, 2.24) is 9.97 Å². The number of hydrogen-bond donors (Lipinski definition) is 1. The summed E-state index contributed by atoms with van der Waals surface area (Å²) >= 11 is 0. The van der Waals surface area contributed by atoms with Gasteiger partial charge in [0.1, 0.15) is 5.65 Å². The lowest BCUT2D eigenvalue weighted by Crippen LogP contribution is -2.28. The zero-order valence-corrected chi connectivity index (χ0v) is 19.5. The Morgan fingerprint density at radius 3 is 2.60 bits per heavy atom. The maximum Gasteiger partial charge on any atom is 0.225 e. The smallest absolute Gasteiger partial charge is 0.225 e. The molecule has 2 heterocycles. The van der Waals surface area contributed by atoms with E-state index in [1.165, 1.54) is 18.3 Å². The van der Waals surface area contributed by atoms with Gasteiger partial charge in [0.25, 0.3) is 0 Å². The van der Waals surface area contributed by atoms with Crippen molar-refractivity contribution >= 4 is 32.5 Å². The first-order chi connectivity index (χ1) is 16.8. The maximum absolute atomic E-state index is 15.3. The second-order valence-electron chi connectivity index (χ2n) is 7.88. The molecule has 2 aromatic carbocycles. The highest BCUT2D eigenvalue weighted by Gasteiger charge is 2.23. The van der Waals surface area contributed by atoms with Crippen LogP contribution in [0.25, 0.3) is 22.2 Å². The Balaban J connectivity index is 1.73.